The lowest BCUT2D eigenvalue weighted by Gasteiger charge is -2.08. The van der Waals surface area contributed by atoms with Gasteiger partial charge in [0.05, 0.1) is 13.0 Å². The van der Waals surface area contributed by atoms with Gasteiger partial charge in [0, 0.05) is 37.2 Å². The van der Waals surface area contributed by atoms with Crippen molar-refractivity contribution in [3.63, 3.8) is 0 Å². The molecule has 112 valence electrons. The van der Waals surface area contributed by atoms with E-state index in [4.69, 9.17) is 4.74 Å². The van der Waals surface area contributed by atoms with E-state index in [1.54, 1.807) is 0 Å². The van der Waals surface area contributed by atoms with Crippen molar-refractivity contribution in [3.05, 3.63) is 35.0 Å². The standard InChI is InChI=1S/C17H22N2O2/c1-11(17(20)21-4)5-14-10-19(3)16-7-13-9-18(2)8-12(13)6-15(14)16/h6-7,10-11H,5,8-9H2,1-4H3. The van der Waals surface area contributed by atoms with Crippen LogP contribution in [0.1, 0.15) is 23.6 Å². The van der Waals surface area contributed by atoms with Gasteiger partial charge in [0.1, 0.15) is 0 Å². The van der Waals surface area contributed by atoms with E-state index < -0.39 is 0 Å². The zero-order valence-corrected chi connectivity index (χ0v) is 13.1. The molecule has 0 bridgehead atoms. The van der Waals surface area contributed by atoms with Crippen LogP contribution in [0, 0.1) is 5.92 Å². The molecule has 3 rings (SSSR count). The number of aryl methyl sites for hydroxylation is 1. The Balaban J connectivity index is 2.01. The Hall–Kier alpha value is -1.81. The maximum atomic E-state index is 11.7. The number of benzene rings is 1. The number of hydrogen-bond donors (Lipinski definition) is 0. The van der Waals surface area contributed by atoms with Crippen LogP contribution < -0.4 is 0 Å². The van der Waals surface area contributed by atoms with Crippen LogP contribution in [-0.4, -0.2) is 29.6 Å². The van der Waals surface area contributed by atoms with Crippen LogP contribution in [0.5, 0.6) is 0 Å². The molecule has 1 aromatic carbocycles. The number of carbonyl (C=O) groups is 1. The summed E-state index contributed by atoms with van der Waals surface area (Å²) in [7, 11) is 5.66. The first-order valence-electron chi connectivity index (χ1n) is 7.35. The summed E-state index contributed by atoms with van der Waals surface area (Å²) in [5, 5.41) is 1.27. The fraction of sp³-hybridized carbons (Fsp3) is 0.471. The topological polar surface area (TPSA) is 34.5 Å². The maximum absolute atomic E-state index is 11.7. The van der Waals surface area contributed by atoms with E-state index in [2.05, 4.69) is 41.9 Å². The van der Waals surface area contributed by atoms with Crippen LogP contribution in [0.4, 0.5) is 0 Å². The van der Waals surface area contributed by atoms with Gasteiger partial charge in [-0.25, -0.2) is 0 Å². The van der Waals surface area contributed by atoms with Crippen LogP contribution >= 0.6 is 0 Å². The summed E-state index contributed by atoms with van der Waals surface area (Å²) >= 11 is 0. The first-order chi connectivity index (χ1) is 9.99. The lowest BCUT2D eigenvalue weighted by Crippen LogP contribution is -2.14. The van der Waals surface area contributed by atoms with Crippen molar-refractivity contribution in [2.45, 2.75) is 26.4 Å². The average Bonchev–Trinajstić information content (AvgIpc) is 2.95. The summed E-state index contributed by atoms with van der Waals surface area (Å²) in [4.78, 5) is 14.0. The largest absolute Gasteiger partial charge is 0.469 e. The van der Waals surface area contributed by atoms with Crippen molar-refractivity contribution < 1.29 is 9.53 Å². The predicted molar refractivity (Wildman–Crippen MR) is 83.0 cm³/mol. The highest BCUT2D eigenvalue weighted by atomic mass is 16.5. The summed E-state index contributed by atoms with van der Waals surface area (Å²) in [5.41, 5.74) is 5.29. The lowest BCUT2D eigenvalue weighted by atomic mass is 9.99. The molecule has 0 radical (unpaired) electrons. The highest BCUT2D eigenvalue weighted by Crippen LogP contribution is 2.30. The van der Waals surface area contributed by atoms with E-state index in [9.17, 15) is 4.79 Å². The van der Waals surface area contributed by atoms with E-state index in [0.717, 1.165) is 19.5 Å². The molecule has 1 aliphatic rings. The molecule has 0 amide bonds. The fourth-order valence-corrected chi connectivity index (χ4v) is 3.31. The molecule has 0 saturated heterocycles. The van der Waals surface area contributed by atoms with Crippen LogP contribution in [0.3, 0.4) is 0 Å². The molecule has 1 atom stereocenters. The van der Waals surface area contributed by atoms with Crippen molar-refractivity contribution >= 4 is 16.9 Å². The van der Waals surface area contributed by atoms with Crippen molar-refractivity contribution in [3.8, 4) is 0 Å². The zero-order chi connectivity index (χ0) is 15.1. The Bertz CT molecular complexity index is 702. The Morgan fingerprint density at radius 1 is 1.29 bits per heavy atom. The predicted octanol–water partition coefficient (Wildman–Crippen LogP) is 2.48. The fourth-order valence-electron chi connectivity index (χ4n) is 3.31. The van der Waals surface area contributed by atoms with Gasteiger partial charge in [-0.2, -0.15) is 0 Å². The highest BCUT2D eigenvalue weighted by Gasteiger charge is 2.21. The zero-order valence-electron chi connectivity index (χ0n) is 13.1. The Labute approximate surface area is 125 Å². The SMILES string of the molecule is COC(=O)C(C)Cc1cn(C)c2cc3c(cc12)CN(C)C3. The number of nitrogens with zero attached hydrogens (tertiary/aromatic N) is 2. The molecule has 1 aliphatic heterocycles. The molecule has 0 N–H and O–H groups in total. The second-order valence-corrected chi connectivity index (χ2v) is 6.20. The van der Waals surface area contributed by atoms with Crippen molar-refractivity contribution in [2.75, 3.05) is 14.2 Å². The van der Waals surface area contributed by atoms with Crippen molar-refractivity contribution in [1.29, 1.82) is 0 Å². The molecule has 1 unspecified atom stereocenters. The molecule has 0 fully saturated rings. The number of fused-ring (bicyclic) bond motifs is 2. The van der Waals surface area contributed by atoms with Crippen LogP contribution in [0.25, 0.3) is 10.9 Å². The molecule has 21 heavy (non-hydrogen) atoms. The lowest BCUT2D eigenvalue weighted by molar-refractivity contribution is -0.144. The molecule has 2 aromatic rings. The van der Waals surface area contributed by atoms with Gasteiger partial charge in [-0.05, 0) is 42.3 Å². The third-order valence-electron chi connectivity index (χ3n) is 4.40. The monoisotopic (exact) mass is 286 g/mol. The molecular weight excluding hydrogens is 264 g/mol. The first-order valence-corrected chi connectivity index (χ1v) is 7.35. The van der Waals surface area contributed by atoms with Crippen molar-refractivity contribution in [1.82, 2.24) is 9.47 Å². The molecule has 4 nitrogen and oxygen atoms in total. The number of esters is 1. The van der Waals surface area contributed by atoms with Crippen LogP contribution in [-0.2, 0) is 36.1 Å². The first kappa shape index (κ1) is 14.1. The number of methoxy groups -OCH3 is 1. The number of hydrogen-bond acceptors (Lipinski definition) is 3. The molecule has 0 spiro atoms. The van der Waals surface area contributed by atoms with Gasteiger partial charge in [0.2, 0.25) is 0 Å². The minimum absolute atomic E-state index is 0.114. The Morgan fingerprint density at radius 2 is 1.95 bits per heavy atom. The van der Waals surface area contributed by atoms with Gasteiger partial charge in [0.15, 0.2) is 0 Å². The van der Waals surface area contributed by atoms with E-state index in [1.807, 2.05) is 6.92 Å². The molecule has 4 heteroatoms. The Morgan fingerprint density at radius 3 is 2.62 bits per heavy atom. The molecule has 0 saturated carbocycles. The third kappa shape index (κ3) is 2.44. The second kappa shape index (κ2) is 5.19. The van der Waals surface area contributed by atoms with Gasteiger partial charge < -0.3 is 9.30 Å². The smallest absolute Gasteiger partial charge is 0.308 e. The number of aromatic nitrogens is 1. The third-order valence-corrected chi connectivity index (χ3v) is 4.40. The molecule has 2 heterocycles. The quantitative estimate of drug-likeness (QED) is 0.813. The summed E-state index contributed by atoms with van der Waals surface area (Å²) in [5.74, 6) is -0.260. The van der Waals surface area contributed by atoms with E-state index in [-0.39, 0.29) is 11.9 Å². The summed E-state index contributed by atoms with van der Waals surface area (Å²) < 4.78 is 7.00. The van der Waals surface area contributed by atoms with Gasteiger partial charge in [0.25, 0.3) is 0 Å². The maximum Gasteiger partial charge on any atom is 0.308 e. The van der Waals surface area contributed by atoms with Crippen molar-refractivity contribution in [2.24, 2.45) is 13.0 Å². The Kier molecular flexibility index (Phi) is 3.49. The van der Waals surface area contributed by atoms with Gasteiger partial charge in [-0.15, -0.1) is 0 Å². The number of carbonyl (C=O) groups excluding carboxylic acids is 1. The number of rotatable bonds is 3. The minimum atomic E-state index is -0.145. The number of ether oxygens (including phenoxy) is 1. The second-order valence-electron chi connectivity index (χ2n) is 6.20. The van der Waals surface area contributed by atoms with Gasteiger partial charge >= 0.3 is 5.97 Å². The van der Waals surface area contributed by atoms with E-state index >= 15 is 0 Å². The van der Waals surface area contributed by atoms with E-state index in [1.165, 1.54) is 34.7 Å². The van der Waals surface area contributed by atoms with Crippen LogP contribution in [0.15, 0.2) is 18.3 Å². The highest BCUT2D eigenvalue weighted by molar-refractivity contribution is 5.86. The van der Waals surface area contributed by atoms with Gasteiger partial charge in [-0.1, -0.05) is 6.92 Å². The van der Waals surface area contributed by atoms with Crippen LogP contribution in [0.2, 0.25) is 0 Å². The van der Waals surface area contributed by atoms with E-state index in [0.29, 0.717) is 0 Å². The average molecular weight is 286 g/mol. The minimum Gasteiger partial charge on any atom is -0.469 e. The summed E-state index contributed by atoms with van der Waals surface area (Å²) in [6.45, 7) is 3.95. The van der Waals surface area contributed by atoms with Gasteiger partial charge in [-0.3, -0.25) is 9.69 Å². The normalized spacial score (nSPS) is 16.2. The molecule has 0 aliphatic carbocycles. The summed E-state index contributed by atoms with van der Waals surface area (Å²) in [6, 6.07) is 4.59. The molecular formula is C17H22N2O2. The summed E-state index contributed by atoms with van der Waals surface area (Å²) in [6.07, 6.45) is 2.86. The molecule has 1 aromatic heterocycles.